The van der Waals surface area contributed by atoms with Gasteiger partial charge in [0.25, 0.3) is 0 Å². The second-order valence-electron chi connectivity index (χ2n) is 12.6. The molecule has 0 amide bonds. The van der Waals surface area contributed by atoms with Crippen LogP contribution in [-0.2, 0) is 31.9 Å². The Morgan fingerprint density at radius 2 is 1.57 bits per heavy atom. The normalized spacial score (nSPS) is 12.3. The fourth-order valence-electron chi connectivity index (χ4n) is 5.19. The van der Waals surface area contributed by atoms with Gasteiger partial charge in [-0.3, -0.25) is 0 Å². The van der Waals surface area contributed by atoms with Gasteiger partial charge in [0.1, 0.15) is 5.58 Å². The van der Waals surface area contributed by atoms with E-state index in [1.165, 1.54) is 11.1 Å². The summed E-state index contributed by atoms with van der Waals surface area (Å²) < 4.78 is 15.2. The zero-order valence-corrected chi connectivity index (χ0v) is 27.5. The molecular weight excluding hydrogens is 720 g/mol. The summed E-state index contributed by atoms with van der Waals surface area (Å²) in [5.41, 5.74) is 7.41. The van der Waals surface area contributed by atoms with Crippen LogP contribution < -0.4 is 4.74 Å². The number of pyridine rings is 2. The van der Waals surface area contributed by atoms with Crippen LogP contribution in [-0.4, -0.2) is 9.97 Å². The van der Waals surface area contributed by atoms with Gasteiger partial charge in [-0.15, -0.1) is 23.8 Å². The fourth-order valence-corrected chi connectivity index (χ4v) is 6.35. The molecular formula is C36H30N2O2PtS. The molecule has 0 bridgehead atoms. The van der Waals surface area contributed by atoms with Crippen LogP contribution >= 0.6 is 11.3 Å². The minimum atomic E-state index is -0.0184. The van der Waals surface area contributed by atoms with E-state index in [4.69, 9.17) is 19.1 Å². The molecule has 0 spiro atoms. The Labute approximate surface area is 264 Å². The number of furan rings is 1. The summed E-state index contributed by atoms with van der Waals surface area (Å²) in [5.74, 6) is 1.25. The van der Waals surface area contributed by atoms with E-state index in [2.05, 4.69) is 84.0 Å². The summed E-state index contributed by atoms with van der Waals surface area (Å²) in [6.07, 6.45) is 3.81. The maximum Gasteiger partial charge on any atom is 2.00 e. The number of nitrogens with zero attached hydrogens (tertiary/aromatic N) is 2. The maximum absolute atomic E-state index is 6.59. The predicted molar refractivity (Wildman–Crippen MR) is 168 cm³/mol. The van der Waals surface area contributed by atoms with Crippen LogP contribution in [0.4, 0.5) is 0 Å². The molecule has 4 heterocycles. The average Bonchev–Trinajstić information content (AvgIpc) is 3.54. The second-order valence-corrected chi connectivity index (χ2v) is 13.6. The molecule has 0 saturated heterocycles. The summed E-state index contributed by atoms with van der Waals surface area (Å²) in [6, 6.07) is 27.5. The molecule has 0 N–H and O–H groups in total. The molecule has 4 aromatic heterocycles. The van der Waals surface area contributed by atoms with Gasteiger partial charge in [-0.1, -0.05) is 83.5 Å². The third-order valence-corrected chi connectivity index (χ3v) is 8.71. The van der Waals surface area contributed by atoms with Gasteiger partial charge in [-0.05, 0) is 61.6 Å². The van der Waals surface area contributed by atoms with Gasteiger partial charge >= 0.3 is 21.1 Å². The molecule has 7 rings (SSSR count). The first-order valence-corrected chi connectivity index (χ1v) is 14.6. The molecule has 0 aliphatic rings. The first kappa shape index (κ1) is 28.6. The van der Waals surface area contributed by atoms with Gasteiger partial charge in [0.05, 0.1) is 11.3 Å². The van der Waals surface area contributed by atoms with Crippen LogP contribution in [0.25, 0.3) is 53.9 Å². The summed E-state index contributed by atoms with van der Waals surface area (Å²) >= 11 is 1.70. The quantitative estimate of drug-likeness (QED) is 0.168. The minimum Gasteiger partial charge on any atom is -0.500 e. The molecule has 0 aliphatic carbocycles. The third kappa shape index (κ3) is 4.93. The Kier molecular flexibility index (Phi) is 7.03. The maximum atomic E-state index is 6.59. The average molecular weight is 750 g/mol. The molecule has 6 heteroatoms. The van der Waals surface area contributed by atoms with Crippen molar-refractivity contribution >= 4 is 42.7 Å². The van der Waals surface area contributed by atoms with Crippen molar-refractivity contribution in [1.82, 2.24) is 9.97 Å². The van der Waals surface area contributed by atoms with Crippen LogP contribution in [0.3, 0.4) is 0 Å². The summed E-state index contributed by atoms with van der Waals surface area (Å²) in [6.45, 7) is 13.2. The third-order valence-electron chi connectivity index (χ3n) is 7.56. The van der Waals surface area contributed by atoms with E-state index in [0.29, 0.717) is 11.5 Å². The Hall–Kier alpha value is -3.53. The van der Waals surface area contributed by atoms with E-state index in [9.17, 15) is 0 Å². The Bertz CT molecular complexity index is 2040. The summed E-state index contributed by atoms with van der Waals surface area (Å²) in [7, 11) is 0. The molecule has 0 unspecified atom stereocenters. The Balaban J connectivity index is 0.00000316. The number of benzene rings is 3. The zero-order chi connectivity index (χ0) is 28.5. The summed E-state index contributed by atoms with van der Waals surface area (Å²) in [5, 5.41) is 2.18. The number of hydrogen-bond donors (Lipinski definition) is 0. The van der Waals surface area contributed by atoms with Crippen molar-refractivity contribution in [3.8, 4) is 34.0 Å². The number of aromatic nitrogens is 2. The van der Waals surface area contributed by atoms with Gasteiger partial charge < -0.3 is 19.1 Å². The standard InChI is InChI=1S/C36H30N2O2S.Pt/c1-35(2,3)22-15-16-37-27(18-22)25-19-29(34-32-31-28(40-33(25)32)11-8-12-30(31)41-34)39-24-10-7-9-21(17-24)26-14-13-23(20-38-26)36(4,5)6;/h7-16,18,20H,1-6H3;/q-2;+2. The van der Waals surface area contributed by atoms with Crippen molar-refractivity contribution in [2.45, 2.75) is 52.4 Å². The molecule has 0 aliphatic heterocycles. The Morgan fingerprint density at radius 3 is 2.31 bits per heavy atom. The Morgan fingerprint density at radius 1 is 0.786 bits per heavy atom. The van der Waals surface area contributed by atoms with Crippen LogP contribution in [0, 0.1) is 12.1 Å². The molecule has 42 heavy (non-hydrogen) atoms. The molecule has 7 aromatic rings. The van der Waals surface area contributed by atoms with Crippen molar-refractivity contribution in [3.63, 3.8) is 0 Å². The van der Waals surface area contributed by atoms with Gasteiger partial charge in [0.2, 0.25) is 0 Å². The first-order valence-electron chi connectivity index (χ1n) is 13.8. The van der Waals surface area contributed by atoms with Crippen molar-refractivity contribution in [3.05, 3.63) is 96.3 Å². The van der Waals surface area contributed by atoms with Crippen LogP contribution in [0.15, 0.2) is 77.5 Å². The van der Waals surface area contributed by atoms with E-state index in [1.54, 1.807) is 11.3 Å². The molecule has 0 saturated carbocycles. The number of hydrogen-bond acceptors (Lipinski definition) is 5. The number of thiophene rings is 1. The van der Waals surface area contributed by atoms with E-state index in [1.807, 2.05) is 42.7 Å². The van der Waals surface area contributed by atoms with Gasteiger partial charge in [0.15, 0.2) is 0 Å². The predicted octanol–water partition coefficient (Wildman–Crippen LogP) is 10.3. The number of rotatable bonds is 4. The van der Waals surface area contributed by atoms with Crippen molar-refractivity contribution in [1.29, 1.82) is 0 Å². The van der Waals surface area contributed by atoms with Crippen molar-refractivity contribution in [2.75, 3.05) is 0 Å². The SMILES string of the molecule is CC(C)(C)c1ccc(-c2[c-]c(Oc3[c-]c(-c4cc(C(C)(C)C)ccn4)c4oc5cccc6sc3c4c56)ccc2)nc1.[Pt+2]. The van der Waals surface area contributed by atoms with Gasteiger partial charge in [-0.2, -0.15) is 11.3 Å². The van der Waals surface area contributed by atoms with E-state index in [-0.39, 0.29) is 31.9 Å². The van der Waals surface area contributed by atoms with Crippen LogP contribution in [0.1, 0.15) is 52.7 Å². The van der Waals surface area contributed by atoms with E-state index < -0.39 is 0 Å². The molecule has 4 nitrogen and oxygen atoms in total. The van der Waals surface area contributed by atoms with Crippen molar-refractivity contribution < 1.29 is 30.2 Å². The molecule has 212 valence electrons. The molecule has 0 fully saturated rings. The molecule has 3 aromatic carbocycles. The fraction of sp³-hybridized carbons (Fsp3) is 0.222. The van der Waals surface area contributed by atoms with Crippen LogP contribution in [0.5, 0.6) is 11.5 Å². The first-order chi connectivity index (χ1) is 19.6. The van der Waals surface area contributed by atoms with Crippen LogP contribution in [0.2, 0.25) is 0 Å². The topological polar surface area (TPSA) is 48.2 Å². The second kappa shape index (κ2) is 10.3. The van der Waals surface area contributed by atoms with E-state index >= 15 is 0 Å². The van der Waals surface area contributed by atoms with Gasteiger partial charge in [-0.25, -0.2) is 0 Å². The van der Waals surface area contributed by atoms with Gasteiger partial charge in [0, 0.05) is 28.2 Å². The minimum absolute atomic E-state index is 0. The van der Waals surface area contributed by atoms with E-state index in [0.717, 1.165) is 53.9 Å². The number of ether oxygens (including phenoxy) is 1. The van der Waals surface area contributed by atoms with Crippen molar-refractivity contribution in [2.24, 2.45) is 0 Å². The largest absolute Gasteiger partial charge is 2.00 e. The smallest absolute Gasteiger partial charge is 0.500 e. The molecule has 0 atom stereocenters. The monoisotopic (exact) mass is 749 g/mol. The summed E-state index contributed by atoms with van der Waals surface area (Å²) in [4.78, 5) is 9.47. The molecule has 0 radical (unpaired) electrons. The zero-order valence-electron chi connectivity index (χ0n) is 24.4.